The minimum atomic E-state index is -1.09. The number of nitrogens with one attached hydrogen (secondary N) is 1. The molecule has 4 aromatic rings. The van der Waals surface area contributed by atoms with Gasteiger partial charge in [-0.3, -0.25) is 4.68 Å². The van der Waals surface area contributed by atoms with Crippen LogP contribution < -0.4 is 10.6 Å². The van der Waals surface area contributed by atoms with Crippen molar-refractivity contribution in [1.82, 2.24) is 24.7 Å². The summed E-state index contributed by atoms with van der Waals surface area (Å²) >= 11 is 6.73. The molecule has 0 amide bonds. The largest absolute Gasteiger partial charge is 0.346 e. The van der Waals surface area contributed by atoms with Gasteiger partial charge >= 0.3 is 0 Å². The summed E-state index contributed by atoms with van der Waals surface area (Å²) < 4.78 is 16.7. The van der Waals surface area contributed by atoms with Crippen LogP contribution in [0, 0.1) is 0 Å². The molecule has 168 valence electrons. The zero-order chi connectivity index (χ0) is 22.6. The predicted octanol–water partition coefficient (Wildman–Crippen LogP) is 4.60. The molecular weight excluding hydrogens is 429 g/mol. The lowest BCUT2D eigenvalue weighted by molar-refractivity contribution is 0.167. The van der Waals surface area contributed by atoms with Crippen molar-refractivity contribution in [2.24, 2.45) is 12.8 Å². The standard InChI is InChI=1S/C23H27ClFN7/c1-4-12-8-16(26)21(25)18(5-2)32(12)19-10-27-22-14(9-28-23(22)29-19)13-6-7-17-15(20(13)24)11-31(3)30-17/h6-7,9-12,16,18,21H,4-5,8,26H2,1-3H3,(H,28,29)/t12-,16+,18+,21-/m1/s1. The Labute approximate surface area is 190 Å². The molecule has 1 aromatic carbocycles. The second kappa shape index (κ2) is 8.01. The fourth-order valence-corrected chi connectivity index (χ4v) is 5.32. The zero-order valence-corrected chi connectivity index (χ0v) is 19.1. The van der Waals surface area contributed by atoms with Crippen molar-refractivity contribution in [2.45, 2.75) is 57.4 Å². The molecule has 0 saturated carbocycles. The number of rotatable bonds is 4. The van der Waals surface area contributed by atoms with Gasteiger partial charge in [0.2, 0.25) is 0 Å². The Morgan fingerprint density at radius 2 is 2.06 bits per heavy atom. The summed E-state index contributed by atoms with van der Waals surface area (Å²) in [6.45, 7) is 4.09. The Morgan fingerprint density at radius 1 is 1.25 bits per heavy atom. The quantitative estimate of drug-likeness (QED) is 0.469. The Balaban J connectivity index is 1.58. The summed E-state index contributed by atoms with van der Waals surface area (Å²) in [5.74, 6) is 0.674. The van der Waals surface area contributed by atoms with E-state index < -0.39 is 12.2 Å². The normalized spacial score (nSPS) is 24.0. The van der Waals surface area contributed by atoms with Crippen molar-refractivity contribution in [3.63, 3.8) is 0 Å². The van der Waals surface area contributed by atoms with Gasteiger partial charge in [-0.2, -0.15) is 5.10 Å². The SMILES string of the molecule is CC[C@@H]1C[C@H](N)[C@@H](F)[C@H](CC)N1c1cnc2c(-c3ccc4nn(C)cc4c3Cl)c[nH]c2n1. The minimum Gasteiger partial charge on any atom is -0.346 e. The summed E-state index contributed by atoms with van der Waals surface area (Å²) in [6, 6.07) is 3.28. The van der Waals surface area contributed by atoms with Crippen molar-refractivity contribution < 1.29 is 4.39 Å². The van der Waals surface area contributed by atoms with Crippen LogP contribution in [0.25, 0.3) is 33.2 Å². The van der Waals surface area contributed by atoms with Crippen molar-refractivity contribution in [1.29, 1.82) is 0 Å². The number of piperidine rings is 1. The lowest BCUT2D eigenvalue weighted by atomic mass is 9.87. The number of halogens is 2. The van der Waals surface area contributed by atoms with E-state index in [2.05, 4.69) is 21.9 Å². The summed E-state index contributed by atoms with van der Waals surface area (Å²) in [5, 5.41) is 5.93. The molecule has 32 heavy (non-hydrogen) atoms. The van der Waals surface area contributed by atoms with E-state index in [9.17, 15) is 4.39 Å². The second-order valence-electron chi connectivity index (χ2n) is 8.58. The van der Waals surface area contributed by atoms with E-state index in [0.717, 1.165) is 34.0 Å². The number of H-pyrrole nitrogens is 1. The van der Waals surface area contributed by atoms with Gasteiger partial charge in [-0.05, 0) is 25.3 Å². The molecule has 4 atom stereocenters. The van der Waals surface area contributed by atoms with Gasteiger partial charge in [-0.15, -0.1) is 0 Å². The fourth-order valence-electron chi connectivity index (χ4n) is 5.01. The lowest BCUT2D eigenvalue weighted by Gasteiger charge is -2.46. The van der Waals surface area contributed by atoms with Crippen molar-refractivity contribution in [3.05, 3.63) is 35.7 Å². The molecule has 3 aromatic heterocycles. The molecule has 7 nitrogen and oxygen atoms in total. The number of nitrogens with two attached hydrogens (primary N) is 1. The lowest BCUT2D eigenvalue weighted by Crippen LogP contribution is -2.60. The molecule has 4 heterocycles. The number of alkyl halides is 1. The molecule has 9 heteroatoms. The third kappa shape index (κ3) is 3.24. The van der Waals surface area contributed by atoms with Crippen LogP contribution in [-0.2, 0) is 7.05 Å². The van der Waals surface area contributed by atoms with Gasteiger partial charge in [-0.1, -0.05) is 31.5 Å². The smallest absolute Gasteiger partial charge is 0.159 e. The Kier molecular flexibility index (Phi) is 5.29. The minimum absolute atomic E-state index is 0.130. The average molecular weight is 456 g/mol. The first kappa shape index (κ1) is 21.2. The highest BCUT2D eigenvalue weighted by Crippen LogP contribution is 2.38. The molecule has 0 aliphatic carbocycles. The number of nitrogens with zero attached hydrogens (tertiary/aromatic N) is 5. The van der Waals surface area contributed by atoms with Gasteiger partial charge in [0.1, 0.15) is 17.5 Å². The van der Waals surface area contributed by atoms with Gasteiger partial charge in [0.25, 0.3) is 0 Å². The average Bonchev–Trinajstić information content (AvgIpc) is 3.38. The van der Waals surface area contributed by atoms with Gasteiger partial charge in [0, 0.05) is 48.0 Å². The highest BCUT2D eigenvalue weighted by atomic mass is 35.5. The number of anilines is 1. The van der Waals surface area contributed by atoms with Crippen molar-refractivity contribution >= 4 is 39.5 Å². The maximum atomic E-state index is 15.0. The number of aromatic amines is 1. The van der Waals surface area contributed by atoms with E-state index in [-0.39, 0.29) is 12.1 Å². The fraction of sp³-hybridized carbons (Fsp3) is 0.435. The summed E-state index contributed by atoms with van der Waals surface area (Å²) in [6.07, 6.45) is 6.55. The number of hydrogen-bond donors (Lipinski definition) is 2. The molecule has 0 bridgehead atoms. The van der Waals surface area contributed by atoms with Crippen LogP contribution >= 0.6 is 11.6 Å². The Hall–Kier alpha value is -2.71. The first-order valence-electron chi connectivity index (χ1n) is 11.1. The van der Waals surface area contributed by atoms with Crippen LogP contribution in [0.5, 0.6) is 0 Å². The van der Waals surface area contributed by atoms with Gasteiger partial charge in [-0.25, -0.2) is 14.4 Å². The highest BCUT2D eigenvalue weighted by molar-refractivity contribution is 6.38. The zero-order valence-electron chi connectivity index (χ0n) is 18.4. The molecule has 1 aliphatic rings. The predicted molar refractivity (Wildman–Crippen MR) is 127 cm³/mol. The monoisotopic (exact) mass is 455 g/mol. The van der Waals surface area contributed by atoms with E-state index in [4.69, 9.17) is 27.3 Å². The van der Waals surface area contributed by atoms with E-state index in [1.54, 1.807) is 10.9 Å². The Morgan fingerprint density at radius 3 is 2.81 bits per heavy atom. The van der Waals surface area contributed by atoms with E-state index in [1.165, 1.54) is 0 Å². The maximum Gasteiger partial charge on any atom is 0.159 e. The number of fused-ring (bicyclic) bond motifs is 2. The molecule has 0 unspecified atom stereocenters. The van der Waals surface area contributed by atoms with E-state index >= 15 is 0 Å². The van der Waals surface area contributed by atoms with E-state index in [0.29, 0.717) is 29.3 Å². The van der Waals surface area contributed by atoms with Gasteiger partial charge < -0.3 is 15.6 Å². The number of aromatic nitrogens is 5. The van der Waals surface area contributed by atoms with Crippen molar-refractivity contribution in [3.8, 4) is 11.1 Å². The van der Waals surface area contributed by atoms with Gasteiger partial charge in [0.05, 0.1) is 22.8 Å². The molecule has 0 spiro atoms. The molecular formula is C23H27ClFN7. The molecule has 1 aliphatic heterocycles. The highest BCUT2D eigenvalue weighted by Gasteiger charge is 2.41. The summed E-state index contributed by atoms with van der Waals surface area (Å²) in [4.78, 5) is 14.9. The molecule has 3 N–H and O–H groups in total. The molecule has 5 rings (SSSR count). The van der Waals surface area contributed by atoms with E-state index in [1.807, 2.05) is 38.5 Å². The van der Waals surface area contributed by atoms with Crippen LogP contribution in [0.2, 0.25) is 5.02 Å². The van der Waals surface area contributed by atoms with Crippen molar-refractivity contribution in [2.75, 3.05) is 4.90 Å². The van der Waals surface area contributed by atoms with Gasteiger partial charge in [0.15, 0.2) is 5.65 Å². The Bertz CT molecular complexity index is 1280. The number of hydrogen-bond acceptors (Lipinski definition) is 5. The first-order valence-corrected chi connectivity index (χ1v) is 11.4. The molecule has 1 fully saturated rings. The number of aryl methyl sites for hydroxylation is 1. The maximum absolute atomic E-state index is 15.0. The summed E-state index contributed by atoms with van der Waals surface area (Å²) in [5.41, 5.74) is 10.1. The molecule has 0 radical (unpaired) electrons. The number of benzene rings is 1. The third-order valence-electron chi connectivity index (χ3n) is 6.62. The van der Waals surface area contributed by atoms with Crippen LogP contribution in [0.1, 0.15) is 33.1 Å². The van der Waals surface area contributed by atoms with Crippen LogP contribution in [0.4, 0.5) is 10.2 Å². The summed E-state index contributed by atoms with van der Waals surface area (Å²) in [7, 11) is 1.87. The van der Waals surface area contributed by atoms with Crippen LogP contribution in [0.3, 0.4) is 0 Å². The molecule has 1 saturated heterocycles. The topological polar surface area (TPSA) is 88.6 Å². The second-order valence-corrected chi connectivity index (χ2v) is 8.96. The first-order chi connectivity index (χ1) is 15.4. The third-order valence-corrected chi connectivity index (χ3v) is 7.03. The van der Waals surface area contributed by atoms with Crippen LogP contribution in [-0.4, -0.2) is 49.0 Å². The van der Waals surface area contributed by atoms with Crippen LogP contribution in [0.15, 0.2) is 30.7 Å².